The fraction of sp³-hybridized carbons (Fsp3) is 0.375. The highest BCUT2D eigenvalue weighted by molar-refractivity contribution is 7.18. The maximum absolute atomic E-state index is 12.3. The van der Waals surface area contributed by atoms with Gasteiger partial charge in [-0.25, -0.2) is 4.79 Å². The number of anilines is 1. The van der Waals surface area contributed by atoms with Gasteiger partial charge < -0.3 is 15.8 Å². The largest absolute Gasteiger partial charge is 0.459 e. The first-order valence-electron chi connectivity index (χ1n) is 7.63. The number of esters is 1. The van der Waals surface area contributed by atoms with Gasteiger partial charge in [-0.15, -0.1) is 11.3 Å². The van der Waals surface area contributed by atoms with Crippen LogP contribution in [0.5, 0.6) is 0 Å². The molecule has 2 aromatic rings. The summed E-state index contributed by atoms with van der Waals surface area (Å²) in [4.78, 5) is 36.4. The van der Waals surface area contributed by atoms with E-state index in [-0.39, 0.29) is 34.0 Å². The first-order valence-corrected chi connectivity index (χ1v) is 8.44. The molecule has 0 unspecified atom stereocenters. The molecule has 0 atom stereocenters. The summed E-state index contributed by atoms with van der Waals surface area (Å²) in [5, 5.41) is 6.94. The smallest absolute Gasteiger partial charge is 0.341 e. The number of ether oxygens (including phenoxy) is 1. The number of hydrogen-bond donors (Lipinski definition) is 2. The third-order valence-corrected chi connectivity index (χ3v) is 4.61. The van der Waals surface area contributed by atoms with E-state index in [1.165, 1.54) is 4.68 Å². The van der Waals surface area contributed by atoms with E-state index in [0.717, 1.165) is 17.0 Å². The first kappa shape index (κ1) is 18.7. The third kappa shape index (κ3) is 4.24. The second-order valence-corrected chi connectivity index (χ2v) is 6.78. The molecule has 8 nitrogen and oxygen atoms in total. The number of carbonyl (C=O) groups is 3. The van der Waals surface area contributed by atoms with Crippen molar-refractivity contribution in [2.75, 3.05) is 5.32 Å². The number of amides is 2. The van der Waals surface area contributed by atoms with E-state index < -0.39 is 11.9 Å². The molecule has 0 saturated carbocycles. The summed E-state index contributed by atoms with van der Waals surface area (Å²) >= 11 is 0.958. The molecule has 2 rings (SSSR count). The number of nitrogens with one attached hydrogen (secondary N) is 1. The molecule has 0 aliphatic rings. The summed E-state index contributed by atoms with van der Waals surface area (Å²) in [5.41, 5.74) is 6.73. The molecule has 3 N–H and O–H groups in total. The van der Waals surface area contributed by atoms with E-state index in [0.29, 0.717) is 5.56 Å². The highest BCUT2D eigenvalue weighted by atomic mass is 32.1. The van der Waals surface area contributed by atoms with Gasteiger partial charge in [0.25, 0.3) is 5.91 Å². The molecular formula is C16H20N4O4S. The molecule has 25 heavy (non-hydrogen) atoms. The number of nitrogens with zero attached hydrogens (tertiary/aromatic N) is 2. The van der Waals surface area contributed by atoms with Crippen molar-refractivity contribution in [3.05, 3.63) is 34.0 Å². The standard InChI is InChI=1S/C16H20N4O4S/c1-8(2)24-16(23)12-10(4)13(14(17)22)25-15(12)19-11(21)7-20-9(3)5-6-18-20/h5-6,8H,7H2,1-4H3,(H2,17,22)(H,19,21). The monoisotopic (exact) mass is 364 g/mol. The number of carbonyl (C=O) groups excluding carboxylic acids is 3. The number of nitrogens with two attached hydrogens (primary N) is 1. The van der Waals surface area contributed by atoms with Gasteiger partial charge in [-0.3, -0.25) is 14.3 Å². The predicted octanol–water partition coefficient (Wildman–Crippen LogP) is 1.86. The molecule has 0 aromatic carbocycles. The van der Waals surface area contributed by atoms with Crippen LogP contribution in [0.1, 0.15) is 45.1 Å². The second kappa shape index (κ2) is 7.47. The zero-order chi connectivity index (χ0) is 18.7. The Morgan fingerprint density at radius 3 is 2.56 bits per heavy atom. The Balaban J connectivity index is 2.30. The number of hydrogen-bond acceptors (Lipinski definition) is 6. The Hall–Kier alpha value is -2.68. The maximum Gasteiger partial charge on any atom is 0.341 e. The van der Waals surface area contributed by atoms with Crippen LogP contribution in [0.2, 0.25) is 0 Å². The van der Waals surface area contributed by atoms with Crippen molar-refractivity contribution in [2.45, 2.75) is 40.3 Å². The van der Waals surface area contributed by atoms with Gasteiger partial charge in [-0.1, -0.05) is 0 Å². The van der Waals surface area contributed by atoms with Gasteiger partial charge in [-0.2, -0.15) is 5.10 Å². The van der Waals surface area contributed by atoms with Crippen LogP contribution in [0.4, 0.5) is 5.00 Å². The zero-order valence-electron chi connectivity index (χ0n) is 14.5. The number of thiophene rings is 1. The summed E-state index contributed by atoms with van der Waals surface area (Å²) in [5.74, 6) is -1.64. The van der Waals surface area contributed by atoms with E-state index in [1.807, 2.05) is 6.92 Å². The van der Waals surface area contributed by atoms with Gasteiger partial charge in [0.1, 0.15) is 11.5 Å². The number of aromatic nitrogens is 2. The summed E-state index contributed by atoms with van der Waals surface area (Å²) < 4.78 is 6.73. The molecule has 0 radical (unpaired) electrons. The van der Waals surface area contributed by atoms with Crippen molar-refractivity contribution in [3.63, 3.8) is 0 Å². The lowest BCUT2D eigenvalue weighted by Crippen LogP contribution is -2.21. The van der Waals surface area contributed by atoms with Gasteiger partial charge in [0.15, 0.2) is 0 Å². The number of rotatable bonds is 6. The molecule has 2 heterocycles. The minimum Gasteiger partial charge on any atom is -0.459 e. The van der Waals surface area contributed by atoms with Gasteiger partial charge in [-0.05, 0) is 39.3 Å². The van der Waals surface area contributed by atoms with Gasteiger partial charge in [0.05, 0.1) is 16.5 Å². The van der Waals surface area contributed by atoms with E-state index in [1.54, 1.807) is 33.0 Å². The Labute approximate surface area is 149 Å². The molecule has 134 valence electrons. The highest BCUT2D eigenvalue weighted by Crippen LogP contribution is 2.33. The average Bonchev–Trinajstić information content (AvgIpc) is 3.02. The SMILES string of the molecule is Cc1c(C(N)=O)sc(NC(=O)Cn2nccc2C)c1C(=O)OC(C)C. The van der Waals surface area contributed by atoms with Crippen molar-refractivity contribution in [1.29, 1.82) is 0 Å². The second-order valence-electron chi connectivity index (χ2n) is 5.76. The maximum atomic E-state index is 12.3. The lowest BCUT2D eigenvalue weighted by atomic mass is 10.1. The zero-order valence-corrected chi connectivity index (χ0v) is 15.3. The van der Waals surface area contributed by atoms with Crippen LogP contribution in [0.3, 0.4) is 0 Å². The van der Waals surface area contributed by atoms with Crippen LogP contribution < -0.4 is 11.1 Å². The van der Waals surface area contributed by atoms with Crippen LogP contribution in [-0.2, 0) is 16.1 Å². The number of aryl methyl sites for hydroxylation is 1. The van der Waals surface area contributed by atoms with Gasteiger partial charge >= 0.3 is 5.97 Å². The Kier molecular flexibility index (Phi) is 5.58. The molecule has 9 heteroatoms. The van der Waals surface area contributed by atoms with Gasteiger partial charge in [0, 0.05) is 11.9 Å². The van der Waals surface area contributed by atoms with Gasteiger partial charge in [0.2, 0.25) is 5.91 Å². The minimum absolute atomic E-state index is 0.0135. The van der Waals surface area contributed by atoms with Crippen molar-refractivity contribution >= 4 is 34.1 Å². The molecule has 0 aliphatic heterocycles. The summed E-state index contributed by atoms with van der Waals surface area (Å²) in [6, 6.07) is 1.78. The highest BCUT2D eigenvalue weighted by Gasteiger charge is 2.26. The third-order valence-electron chi connectivity index (χ3n) is 3.39. The molecule has 0 spiro atoms. The molecule has 0 aliphatic carbocycles. The van der Waals surface area contributed by atoms with E-state index in [2.05, 4.69) is 10.4 Å². The first-order chi connectivity index (χ1) is 11.7. The molecule has 2 amide bonds. The summed E-state index contributed by atoms with van der Waals surface area (Å²) in [7, 11) is 0. The Morgan fingerprint density at radius 1 is 1.36 bits per heavy atom. The van der Waals surface area contributed by atoms with E-state index >= 15 is 0 Å². The Bertz CT molecular complexity index is 822. The molecule has 2 aromatic heterocycles. The lowest BCUT2D eigenvalue weighted by Gasteiger charge is -2.10. The molecular weight excluding hydrogens is 344 g/mol. The Morgan fingerprint density at radius 2 is 2.04 bits per heavy atom. The predicted molar refractivity (Wildman–Crippen MR) is 93.7 cm³/mol. The van der Waals surface area contributed by atoms with E-state index in [9.17, 15) is 14.4 Å². The van der Waals surface area contributed by atoms with Crippen molar-refractivity contribution in [3.8, 4) is 0 Å². The van der Waals surface area contributed by atoms with E-state index in [4.69, 9.17) is 10.5 Å². The van der Waals surface area contributed by atoms with Crippen LogP contribution in [0.15, 0.2) is 12.3 Å². The fourth-order valence-electron chi connectivity index (χ4n) is 2.22. The van der Waals surface area contributed by atoms with Crippen molar-refractivity contribution < 1.29 is 19.1 Å². The van der Waals surface area contributed by atoms with Crippen LogP contribution >= 0.6 is 11.3 Å². The molecule has 0 fully saturated rings. The van der Waals surface area contributed by atoms with Crippen molar-refractivity contribution in [1.82, 2.24) is 9.78 Å². The number of primary amides is 1. The normalized spacial score (nSPS) is 10.8. The van der Waals surface area contributed by atoms with Crippen LogP contribution in [0, 0.1) is 13.8 Å². The summed E-state index contributed by atoms with van der Waals surface area (Å²) in [6.45, 7) is 6.84. The van der Waals surface area contributed by atoms with Crippen LogP contribution in [-0.4, -0.2) is 33.7 Å². The topological polar surface area (TPSA) is 116 Å². The molecule has 0 bridgehead atoms. The average molecular weight is 364 g/mol. The fourth-order valence-corrected chi connectivity index (χ4v) is 3.29. The summed E-state index contributed by atoms with van der Waals surface area (Å²) in [6.07, 6.45) is 1.26. The van der Waals surface area contributed by atoms with Crippen molar-refractivity contribution in [2.24, 2.45) is 5.73 Å². The molecule has 0 saturated heterocycles. The van der Waals surface area contributed by atoms with Crippen LogP contribution in [0.25, 0.3) is 0 Å². The quantitative estimate of drug-likeness (QED) is 0.759. The minimum atomic E-state index is -0.662. The lowest BCUT2D eigenvalue weighted by molar-refractivity contribution is -0.116.